The molecule has 0 saturated carbocycles. The highest BCUT2D eigenvalue weighted by Gasteiger charge is 2.25. The second kappa shape index (κ2) is 7.80. The lowest BCUT2D eigenvalue weighted by molar-refractivity contribution is 0.0992. The molecular weight excluding hydrogens is 343 g/mol. The second-order valence-corrected chi connectivity index (χ2v) is 7.07. The third kappa shape index (κ3) is 3.90. The average Bonchev–Trinajstić information content (AvgIpc) is 2.69. The Hall–Kier alpha value is -2.22. The van der Waals surface area contributed by atoms with Gasteiger partial charge in [-0.2, -0.15) is 0 Å². The minimum absolute atomic E-state index is 0.0188. The first-order valence-corrected chi connectivity index (χ1v) is 9.36. The number of carbonyl (C=O) groups excluding carboxylic acids is 1. The molecule has 27 heavy (non-hydrogen) atoms. The highest BCUT2D eigenvalue weighted by molar-refractivity contribution is 6.60. The van der Waals surface area contributed by atoms with Crippen LogP contribution in [-0.2, 0) is 22.2 Å². The molecule has 1 fully saturated rings. The number of fused-ring (bicyclic) bond motifs is 1. The normalized spacial score (nSPS) is 17.0. The Morgan fingerprint density at radius 2 is 2.07 bits per heavy atom. The number of morpholine rings is 1. The van der Waals surface area contributed by atoms with E-state index in [0.29, 0.717) is 25.4 Å². The van der Waals surface area contributed by atoms with Crippen molar-refractivity contribution >= 4 is 24.2 Å². The molecule has 1 N–H and O–H groups in total. The van der Waals surface area contributed by atoms with E-state index < -0.39 is 7.12 Å². The maximum atomic E-state index is 12.7. The van der Waals surface area contributed by atoms with Crippen molar-refractivity contribution in [1.82, 2.24) is 4.98 Å². The average molecular weight is 366 g/mol. The Bertz CT molecular complexity index is 852. The van der Waals surface area contributed by atoms with Gasteiger partial charge < -0.3 is 19.3 Å². The Kier molecular flexibility index (Phi) is 5.25. The van der Waals surface area contributed by atoms with Gasteiger partial charge in [-0.05, 0) is 41.6 Å². The second-order valence-electron chi connectivity index (χ2n) is 7.07. The van der Waals surface area contributed by atoms with Crippen LogP contribution in [0.15, 0.2) is 30.5 Å². The molecular formula is C20H23BN2O4. The number of benzene rings is 1. The van der Waals surface area contributed by atoms with Gasteiger partial charge in [0.2, 0.25) is 0 Å². The maximum Gasteiger partial charge on any atom is 0.491 e. The van der Waals surface area contributed by atoms with Crippen molar-refractivity contribution in [2.45, 2.75) is 19.8 Å². The number of rotatable bonds is 4. The zero-order valence-corrected chi connectivity index (χ0v) is 15.5. The molecule has 140 valence electrons. The molecule has 3 heterocycles. The summed E-state index contributed by atoms with van der Waals surface area (Å²) in [6.45, 7) is 5.56. The number of nitrogens with zero attached hydrogens (tertiary/aromatic N) is 2. The Morgan fingerprint density at radius 1 is 1.26 bits per heavy atom. The van der Waals surface area contributed by atoms with Crippen molar-refractivity contribution in [2.24, 2.45) is 0 Å². The summed E-state index contributed by atoms with van der Waals surface area (Å²) in [7, 11) is -0.902. The largest absolute Gasteiger partial charge is 0.491 e. The number of hydrogen-bond donors (Lipinski definition) is 1. The van der Waals surface area contributed by atoms with Crippen molar-refractivity contribution in [3.63, 3.8) is 0 Å². The lowest BCUT2D eigenvalue weighted by atomic mass is 9.73. The molecule has 0 aliphatic carbocycles. The summed E-state index contributed by atoms with van der Waals surface area (Å²) in [5, 5.41) is 10.00. The number of aryl methyl sites for hydroxylation is 1. The molecule has 0 atom stereocenters. The van der Waals surface area contributed by atoms with E-state index in [0.717, 1.165) is 47.5 Å². The van der Waals surface area contributed by atoms with Crippen LogP contribution in [-0.4, -0.2) is 55.8 Å². The number of hydrogen-bond acceptors (Lipinski definition) is 6. The number of carbonyl (C=O) groups is 1. The van der Waals surface area contributed by atoms with Crippen LogP contribution in [0, 0.1) is 6.92 Å². The molecule has 7 heteroatoms. The number of anilines is 1. The lowest BCUT2D eigenvalue weighted by Crippen LogP contribution is -2.41. The van der Waals surface area contributed by atoms with Crippen LogP contribution < -0.4 is 10.4 Å². The van der Waals surface area contributed by atoms with Gasteiger partial charge in [-0.25, -0.2) is 4.98 Å². The van der Waals surface area contributed by atoms with E-state index in [1.807, 2.05) is 31.2 Å². The number of aromatic nitrogens is 1. The van der Waals surface area contributed by atoms with E-state index in [1.165, 1.54) is 0 Å². The third-order valence-corrected chi connectivity index (χ3v) is 5.17. The molecule has 1 aromatic heterocycles. The molecule has 2 aromatic rings. The van der Waals surface area contributed by atoms with Crippen molar-refractivity contribution in [3.05, 3.63) is 52.7 Å². The van der Waals surface area contributed by atoms with E-state index in [-0.39, 0.29) is 12.2 Å². The maximum absolute atomic E-state index is 12.7. The molecule has 0 unspecified atom stereocenters. The topological polar surface area (TPSA) is 71.9 Å². The monoisotopic (exact) mass is 366 g/mol. The number of pyridine rings is 1. The molecule has 2 aliphatic heterocycles. The molecule has 0 amide bonds. The quantitative estimate of drug-likeness (QED) is 0.641. The zero-order chi connectivity index (χ0) is 18.8. The van der Waals surface area contributed by atoms with Crippen molar-refractivity contribution in [2.75, 3.05) is 37.8 Å². The zero-order valence-electron chi connectivity index (χ0n) is 15.5. The minimum Gasteiger partial charge on any atom is -0.423 e. The number of Topliss-reactive ketones (excluding diaryl/α,β-unsaturated/α-hetero) is 1. The fourth-order valence-corrected chi connectivity index (χ4v) is 3.70. The van der Waals surface area contributed by atoms with Crippen molar-refractivity contribution in [1.29, 1.82) is 0 Å². The van der Waals surface area contributed by atoms with Crippen LogP contribution >= 0.6 is 0 Å². The first kappa shape index (κ1) is 18.2. The van der Waals surface area contributed by atoms with Crippen LogP contribution in [0.25, 0.3) is 0 Å². The van der Waals surface area contributed by atoms with E-state index in [1.54, 1.807) is 6.20 Å². The fraction of sp³-hybridized carbons (Fsp3) is 0.400. The smallest absolute Gasteiger partial charge is 0.423 e. The molecule has 0 bridgehead atoms. The fourth-order valence-electron chi connectivity index (χ4n) is 3.70. The Labute approximate surface area is 159 Å². The molecule has 0 radical (unpaired) electrons. The van der Waals surface area contributed by atoms with E-state index in [9.17, 15) is 9.82 Å². The number of ether oxygens (including phenoxy) is 1. The van der Waals surface area contributed by atoms with Crippen LogP contribution in [0.3, 0.4) is 0 Å². The van der Waals surface area contributed by atoms with Gasteiger partial charge in [0.05, 0.1) is 13.2 Å². The Morgan fingerprint density at radius 3 is 2.85 bits per heavy atom. The van der Waals surface area contributed by atoms with Gasteiger partial charge in [0.25, 0.3) is 0 Å². The van der Waals surface area contributed by atoms with Crippen molar-refractivity contribution < 1.29 is 19.2 Å². The molecule has 1 saturated heterocycles. The summed E-state index contributed by atoms with van der Waals surface area (Å²) in [6, 6.07) is 7.72. The van der Waals surface area contributed by atoms with Crippen LogP contribution in [0.2, 0.25) is 0 Å². The van der Waals surface area contributed by atoms with E-state index >= 15 is 0 Å². The summed E-state index contributed by atoms with van der Waals surface area (Å²) in [5.74, 6) is 0.939. The standard InChI is InChI=1S/C20H23BN2O4/c1-14-10-17(13-22-20(14)23-5-8-26-9-6-23)19(24)12-15-2-3-16-4-7-27-21(25)18(16)11-15/h2-3,10-11,13,25H,4-9,12H2,1H3. The highest BCUT2D eigenvalue weighted by Crippen LogP contribution is 2.20. The SMILES string of the molecule is Cc1cc(C(=O)Cc2ccc3c(c2)B(O)OCC3)cnc1N1CCOCC1. The summed E-state index contributed by atoms with van der Waals surface area (Å²) >= 11 is 0. The van der Waals surface area contributed by atoms with Crippen LogP contribution in [0.4, 0.5) is 5.82 Å². The summed E-state index contributed by atoms with van der Waals surface area (Å²) < 4.78 is 10.7. The van der Waals surface area contributed by atoms with Gasteiger partial charge in [0.15, 0.2) is 5.78 Å². The highest BCUT2D eigenvalue weighted by atomic mass is 16.5. The summed E-state index contributed by atoms with van der Waals surface area (Å²) in [5.41, 5.74) is 4.33. The Balaban J connectivity index is 1.50. The predicted octanol–water partition coefficient (Wildman–Crippen LogP) is 0.912. The van der Waals surface area contributed by atoms with Gasteiger partial charge >= 0.3 is 7.12 Å². The minimum atomic E-state index is -0.902. The first-order chi connectivity index (χ1) is 13.1. The third-order valence-electron chi connectivity index (χ3n) is 5.17. The van der Waals surface area contributed by atoms with E-state index in [2.05, 4.69) is 9.88 Å². The summed E-state index contributed by atoms with van der Waals surface area (Å²) in [6.07, 6.45) is 2.72. The van der Waals surface area contributed by atoms with Crippen LogP contribution in [0.1, 0.15) is 27.0 Å². The lowest BCUT2D eigenvalue weighted by Gasteiger charge is -2.29. The summed E-state index contributed by atoms with van der Waals surface area (Å²) in [4.78, 5) is 19.5. The predicted molar refractivity (Wildman–Crippen MR) is 104 cm³/mol. The van der Waals surface area contributed by atoms with Gasteiger partial charge in [0, 0.05) is 37.9 Å². The van der Waals surface area contributed by atoms with Crippen LogP contribution in [0.5, 0.6) is 0 Å². The molecule has 2 aliphatic rings. The van der Waals surface area contributed by atoms with E-state index in [4.69, 9.17) is 9.39 Å². The molecule has 4 rings (SSSR count). The van der Waals surface area contributed by atoms with Crippen molar-refractivity contribution in [3.8, 4) is 0 Å². The molecule has 6 nitrogen and oxygen atoms in total. The van der Waals surface area contributed by atoms with Gasteiger partial charge in [0.1, 0.15) is 5.82 Å². The van der Waals surface area contributed by atoms with Gasteiger partial charge in [-0.3, -0.25) is 4.79 Å². The van der Waals surface area contributed by atoms with Gasteiger partial charge in [-0.1, -0.05) is 18.2 Å². The first-order valence-electron chi connectivity index (χ1n) is 9.36. The van der Waals surface area contributed by atoms with Gasteiger partial charge in [-0.15, -0.1) is 0 Å². The molecule has 0 spiro atoms. The molecule has 1 aromatic carbocycles. The number of ketones is 1.